The fourth-order valence-corrected chi connectivity index (χ4v) is 4.65. The third kappa shape index (κ3) is 3.27. The second-order valence-corrected chi connectivity index (χ2v) is 8.35. The van der Waals surface area contributed by atoms with Gasteiger partial charge in [-0.15, -0.1) is 11.3 Å². The first-order valence-corrected chi connectivity index (χ1v) is 10.3. The number of pyridine rings is 1. The summed E-state index contributed by atoms with van der Waals surface area (Å²) in [6, 6.07) is 12.3. The van der Waals surface area contributed by atoms with Crippen molar-refractivity contribution in [2.24, 2.45) is 0 Å². The molecule has 6 nitrogen and oxygen atoms in total. The normalized spacial score (nSPS) is 15.5. The molecule has 142 valence electrons. The number of fused-ring (bicyclic) bond motifs is 2. The summed E-state index contributed by atoms with van der Waals surface area (Å²) in [4.78, 5) is 26.4. The molecule has 0 saturated carbocycles. The molecule has 4 heterocycles. The summed E-state index contributed by atoms with van der Waals surface area (Å²) in [6.07, 6.45) is 3.77. The Bertz CT molecular complexity index is 1120. The molecule has 1 aliphatic heterocycles. The Labute approximate surface area is 167 Å². The summed E-state index contributed by atoms with van der Waals surface area (Å²) in [5.74, 6) is 0.0148. The van der Waals surface area contributed by atoms with Crippen LogP contribution in [0.3, 0.4) is 0 Å². The maximum Gasteiger partial charge on any atom is 0.274 e. The van der Waals surface area contributed by atoms with E-state index in [1.165, 1.54) is 4.70 Å². The van der Waals surface area contributed by atoms with Crippen molar-refractivity contribution in [3.05, 3.63) is 65.1 Å². The number of nitrogens with zero attached hydrogens (tertiary/aromatic N) is 5. The molecule has 1 aromatic carbocycles. The molecule has 1 amide bonds. The van der Waals surface area contributed by atoms with Crippen LogP contribution in [-0.4, -0.2) is 56.3 Å². The van der Waals surface area contributed by atoms with Crippen LogP contribution in [0.5, 0.6) is 0 Å². The number of hydrogen-bond acceptors (Lipinski definition) is 5. The van der Waals surface area contributed by atoms with Crippen LogP contribution in [0.25, 0.3) is 15.9 Å². The highest BCUT2D eigenvalue weighted by Crippen LogP contribution is 2.23. The second-order valence-electron chi connectivity index (χ2n) is 7.24. The van der Waals surface area contributed by atoms with Crippen molar-refractivity contribution in [1.82, 2.24) is 24.2 Å². The van der Waals surface area contributed by atoms with Gasteiger partial charge in [-0.05, 0) is 36.8 Å². The zero-order valence-electron chi connectivity index (χ0n) is 15.7. The van der Waals surface area contributed by atoms with Gasteiger partial charge in [0.25, 0.3) is 5.91 Å². The number of benzene rings is 1. The number of carbonyl (C=O) groups is 1. The number of imidazole rings is 1. The van der Waals surface area contributed by atoms with Crippen molar-refractivity contribution in [2.45, 2.75) is 13.5 Å². The Balaban J connectivity index is 1.24. The van der Waals surface area contributed by atoms with Crippen molar-refractivity contribution in [3.8, 4) is 0 Å². The zero-order chi connectivity index (χ0) is 19.1. The van der Waals surface area contributed by atoms with Gasteiger partial charge in [0.1, 0.15) is 16.3 Å². The van der Waals surface area contributed by atoms with Gasteiger partial charge in [0.2, 0.25) is 0 Å². The highest BCUT2D eigenvalue weighted by molar-refractivity contribution is 7.18. The van der Waals surface area contributed by atoms with Gasteiger partial charge in [-0.25, -0.2) is 9.97 Å². The Kier molecular flexibility index (Phi) is 4.33. The number of carbonyl (C=O) groups excluding carboxylic acids is 1. The molecule has 0 spiro atoms. The summed E-state index contributed by atoms with van der Waals surface area (Å²) >= 11 is 1.75. The number of piperazine rings is 1. The Morgan fingerprint density at radius 1 is 1.11 bits per heavy atom. The first-order valence-electron chi connectivity index (χ1n) is 9.47. The molecule has 5 rings (SSSR count). The van der Waals surface area contributed by atoms with Crippen LogP contribution in [0.4, 0.5) is 0 Å². The second kappa shape index (κ2) is 7.00. The third-order valence-electron chi connectivity index (χ3n) is 5.19. The molecule has 0 radical (unpaired) electrons. The summed E-state index contributed by atoms with van der Waals surface area (Å²) in [7, 11) is 0. The molecule has 1 aliphatic rings. The Morgan fingerprint density at radius 2 is 1.93 bits per heavy atom. The molecule has 7 heteroatoms. The SMILES string of the molecule is Cc1ccn2cc(C(=O)N3CCN(Cc4nc5ccccc5s4)CC3)nc2c1. The molecule has 0 aliphatic carbocycles. The van der Waals surface area contributed by atoms with Gasteiger partial charge in [-0.3, -0.25) is 9.69 Å². The van der Waals surface area contributed by atoms with Crippen LogP contribution in [0, 0.1) is 6.92 Å². The van der Waals surface area contributed by atoms with Crippen LogP contribution >= 0.6 is 11.3 Å². The van der Waals surface area contributed by atoms with Crippen LogP contribution in [0.15, 0.2) is 48.8 Å². The summed E-state index contributed by atoms with van der Waals surface area (Å²) in [5, 5.41) is 1.14. The highest BCUT2D eigenvalue weighted by Gasteiger charge is 2.24. The van der Waals surface area contributed by atoms with Gasteiger partial charge in [0, 0.05) is 38.6 Å². The fraction of sp³-hybridized carbons (Fsp3) is 0.286. The first kappa shape index (κ1) is 17.3. The lowest BCUT2D eigenvalue weighted by molar-refractivity contribution is 0.0623. The number of para-hydroxylation sites is 1. The number of thiazole rings is 1. The molecule has 0 unspecified atom stereocenters. The third-order valence-corrected chi connectivity index (χ3v) is 6.21. The predicted molar refractivity (Wildman–Crippen MR) is 111 cm³/mol. The number of hydrogen-bond donors (Lipinski definition) is 0. The molecule has 1 fully saturated rings. The Hall–Kier alpha value is -2.77. The maximum absolute atomic E-state index is 12.9. The van der Waals surface area contributed by atoms with E-state index in [1.54, 1.807) is 11.3 Å². The molecule has 0 atom stereocenters. The van der Waals surface area contributed by atoms with Gasteiger partial charge < -0.3 is 9.30 Å². The van der Waals surface area contributed by atoms with Crippen LogP contribution in [0.1, 0.15) is 21.1 Å². The summed E-state index contributed by atoms with van der Waals surface area (Å²) < 4.78 is 3.14. The van der Waals surface area contributed by atoms with E-state index in [-0.39, 0.29) is 5.91 Å². The van der Waals surface area contributed by atoms with Gasteiger partial charge >= 0.3 is 0 Å². The highest BCUT2D eigenvalue weighted by atomic mass is 32.1. The predicted octanol–water partition coefficient (Wildman–Crippen LogP) is 3.21. The minimum atomic E-state index is 0.0148. The monoisotopic (exact) mass is 391 g/mol. The lowest BCUT2D eigenvalue weighted by Gasteiger charge is -2.33. The molecule has 3 aromatic heterocycles. The molecule has 28 heavy (non-hydrogen) atoms. The van der Waals surface area contributed by atoms with Crippen molar-refractivity contribution in [2.75, 3.05) is 26.2 Å². The molecule has 1 saturated heterocycles. The lowest BCUT2D eigenvalue weighted by Crippen LogP contribution is -2.48. The van der Waals surface area contributed by atoms with E-state index in [0.29, 0.717) is 5.69 Å². The van der Waals surface area contributed by atoms with E-state index in [4.69, 9.17) is 4.98 Å². The smallest absolute Gasteiger partial charge is 0.274 e. The van der Waals surface area contributed by atoms with Gasteiger partial charge in [0.05, 0.1) is 16.8 Å². The average Bonchev–Trinajstić information content (AvgIpc) is 3.31. The first-order chi connectivity index (χ1) is 13.7. The number of aryl methyl sites for hydroxylation is 1. The van der Waals surface area contributed by atoms with E-state index >= 15 is 0 Å². The van der Waals surface area contributed by atoms with Gasteiger partial charge in [0.15, 0.2) is 0 Å². The standard InChI is InChI=1S/C21H21N5OS/c1-15-6-7-26-13-17(22-19(26)12-15)21(27)25-10-8-24(9-11-25)14-20-23-16-4-2-3-5-18(16)28-20/h2-7,12-13H,8-11,14H2,1H3. The maximum atomic E-state index is 12.9. The van der Waals surface area contributed by atoms with Crippen LogP contribution in [0.2, 0.25) is 0 Å². The lowest BCUT2D eigenvalue weighted by atomic mass is 10.3. The Morgan fingerprint density at radius 3 is 2.75 bits per heavy atom. The minimum Gasteiger partial charge on any atom is -0.335 e. The minimum absolute atomic E-state index is 0.0148. The van der Waals surface area contributed by atoms with Crippen LogP contribution < -0.4 is 0 Å². The fourth-order valence-electron chi connectivity index (χ4n) is 3.64. The van der Waals surface area contributed by atoms with Crippen molar-refractivity contribution in [3.63, 3.8) is 0 Å². The number of aromatic nitrogens is 3. The number of amides is 1. The molecule has 0 N–H and O–H groups in total. The van der Waals surface area contributed by atoms with E-state index in [1.807, 2.05) is 46.8 Å². The van der Waals surface area contributed by atoms with E-state index in [9.17, 15) is 4.79 Å². The topological polar surface area (TPSA) is 53.7 Å². The summed E-state index contributed by atoms with van der Waals surface area (Å²) in [5.41, 5.74) is 3.54. The van der Waals surface area contributed by atoms with Crippen molar-refractivity contribution in [1.29, 1.82) is 0 Å². The number of rotatable bonds is 3. The van der Waals surface area contributed by atoms with E-state index in [0.717, 1.165) is 54.5 Å². The average molecular weight is 392 g/mol. The summed E-state index contributed by atoms with van der Waals surface area (Å²) in [6.45, 7) is 6.02. The zero-order valence-corrected chi connectivity index (χ0v) is 16.5. The molecular weight excluding hydrogens is 370 g/mol. The van der Waals surface area contributed by atoms with E-state index in [2.05, 4.69) is 28.1 Å². The van der Waals surface area contributed by atoms with Crippen LogP contribution in [-0.2, 0) is 6.54 Å². The molecule has 4 aromatic rings. The van der Waals surface area contributed by atoms with Gasteiger partial charge in [-0.2, -0.15) is 0 Å². The quantitative estimate of drug-likeness (QED) is 0.538. The van der Waals surface area contributed by atoms with Gasteiger partial charge in [-0.1, -0.05) is 12.1 Å². The molecule has 0 bridgehead atoms. The van der Waals surface area contributed by atoms with Crippen molar-refractivity contribution >= 4 is 33.1 Å². The van der Waals surface area contributed by atoms with Crippen molar-refractivity contribution < 1.29 is 4.79 Å². The van der Waals surface area contributed by atoms with E-state index < -0.39 is 0 Å². The largest absolute Gasteiger partial charge is 0.335 e. The molecular formula is C21H21N5OS.